The normalized spacial score (nSPS) is 10.7. The topological polar surface area (TPSA) is 68.3 Å². The summed E-state index contributed by atoms with van der Waals surface area (Å²) in [6.45, 7) is 3.37. The minimum absolute atomic E-state index is 0.287. The van der Waals surface area contributed by atoms with Gasteiger partial charge in [0.05, 0.1) is 16.8 Å². The molecule has 0 saturated heterocycles. The summed E-state index contributed by atoms with van der Waals surface area (Å²) in [4.78, 5) is 29.9. The number of rotatable bonds is 5. The molecule has 4 rings (SSSR count). The molecule has 0 bridgehead atoms. The number of benzene rings is 3. The summed E-state index contributed by atoms with van der Waals surface area (Å²) >= 11 is 0. The van der Waals surface area contributed by atoms with Crippen molar-refractivity contribution in [3.8, 4) is 11.3 Å². The number of carbonyl (C=O) groups excluding carboxylic acids is 2. The number of esters is 1. The van der Waals surface area contributed by atoms with E-state index in [0.29, 0.717) is 27.8 Å². The highest BCUT2D eigenvalue weighted by molar-refractivity contribution is 6.05. The SMILES string of the molecule is Cc1cccc(C)c1NC(=O)COC(=O)c1cc(-c2ccc(F)cc2)nc2ccccc12. The van der Waals surface area contributed by atoms with Gasteiger partial charge in [-0.3, -0.25) is 4.79 Å². The molecule has 5 nitrogen and oxygen atoms in total. The van der Waals surface area contributed by atoms with Crippen molar-refractivity contribution >= 4 is 28.5 Å². The zero-order valence-electron chi connectivity index (χ0n) is 17.7. The third-order valence-electron chi connectivity index (χ3n) is 5.16. The number of hydrogen-bond acceptors (Lipinski definition) is 4. The minimum Gasteiger partial charge on any atom is -0.452 e. The van der Waals surface area contributed by atoms with E-state index in [-0.39, 0.29) is 11.4 Å². The molecule has 1 aromatic heterocycles. The molecule has 1 heterocycles. The standard InChI is InChI=1S/C26H21FN2O3/c1-16-6-5-7-17(2)25(16)29-24(30)15-32-26(31)21-14-23(18-10-12-19(27)13-11-18)28-22-9-4-3-8-20(21)22/h3-14H,15H2,1-2H3,(H,29,30). The quantitative estimate of drug-likeness (QED) is 0.429. The third-order valence-corrected chi connectivity index (χ3v) is 5.16. The Kier molecular flexibility index (Phi) is 5.94. The minimum atomic E-state index is -0.636. The maximum absolute atomic E-state index is 13.3. The third kappa shape index (κ3) is 4.49. The van der Waals surface area contributed by atoms with Crippen LogP contribution in [0.15, 0.2) is 72.8 Å². The van der Waals surface area contributed by atoms with Crippen LogP contribution < -0.4 is 5.32 Å². The summed E-state index contributed by atoms with van der Waals surface area (Å²) in [5.41, 5.74) is 4.62. The highest BCUT2D eigenvalue weighted by Gasteiger charge is 2.17. The molecule has 3 aromatic carbocycles. The predicted molar refractivity (Wildman–Crippen MR) is 122 cm³/mol. The van der Waals surface area contributed by atoms with Crippen LogP contribution in [-0.2, 0) is 9.53 Å². The van der Waals surface area contributed by atoms with E-state index in [2.05, 4.69) is 10.3 Å². The molecule has 0 radical (unpaired) electrons. The second-order valence-electron chi connectivity index (χ2n) is 7.47. The molecule has 0 atom stereocenters. The van der Waals surface area contributed by atoms with E-state index in [9.17, 15) is 14.0 Å². The van der Waals surface area contributed by atoms with E-state index >= 15 is 0 Å². The number of amides is 1. The molecule has 0 aliphatic carbocycles. The summed E-state index contributed by atoms with van der Waals surface area (Å²) in [6, 6.07) is 20.3. The van der Waals surface area contributed by atoms with Crippen LogP contribution >= 0.6 is 0 Å². The van der Waals surface area contributed by atoms with Crippen LogP contribution in [0.2, 0.25) is 0 Å². The Morgan fingerprint density at radius 2 is 1.62 bits per heavy atom. The van der Waals surface area contributed by atoms with Crippen LogP contribution in [-0.4, -0.2) is 23.5 Å². The average Bonchev–Trinajstić information content (AvgIpc) is 2.79. The van der Waals surface area contributed by atoms with Gasteiger partial charge in [-0.05, 0) is 61.4 Å². The number of hydrogen-bond donors (Lipinski definition) is 1. The molecule has 0 unspecified atom stereocenters. The fourth-order valence-electron chi connectivity index (χ4n) is 3.51. The number of anilines is 1. The van der Waals surface area contributed by atoms with Crippen molar-refractivity contribution in [2.24, 2.45) is 0 Å². The van der Waals surface area contributed by atoms with Crippen molar-refractivity contribution in [3.05, 3.63) is 95.3 Å². The molecule has 1 amide bonds. The number of aryl methyl sites for hydroxylation is 2. The van der Waals surface area contributed by atoms with Gasteiger partial charge in [-0.1, -0.05) is 36.4 Å². The van der Waals surface area contributed by atoms with E-state index in [4.69, 9.17) is 4.74 Å². The Bertz CT molecular complexity index is 1300. The summed E-state index contributed by atoms with van der Waals surface area (Å²) < 4.78 is 18.6. The fraction of sp³-hybridized carbons (Fsp3) is 0.115. The van der Waals surface area contributed by atoms with Gasteiger partial charge >= 0.3 is 5.97 Å². The number of fused-ring (bicyclic) bond motifs is 1. The summed E-state index contributed by atoms with van der Waals surface area (Å²) in [6.07, 6.45) is 0. The second kappa shape index (κ2) is 8.98. The Labute approximate surface area is 184 Å². The Morgan fingerprint density at radius 3 is 2.34 bits per heavy atom. The maximum atomic E-state index is 13.3. The first-order chi connectivity index (χ1) is 15.4. The Hall–Kier alpha value is -4.06. The van der Waals surface area contributed by atoms with Crippen LogP contribution in [0.1, 0.15) is 21.5 Å². The van der Waals surface area contributed by atoms with Crippen molar-refractivity contribution in [2.45, 2.75) is 13.8 Å². The van der Waals surface area contributed by atoms with Gasteiger partial charge in [0.1, 0.15) is 5.82 Å². The molecule has 160 valence electrons. The molecule has 4 aromatic rings. The molecule has 0 fully saturated rings. The van der Waals surface area contributed by atoms with E-state index in [0.717, 1.165) is 11.1 Å². The van der Waals surface area contributed by atoms with E-state index in [1.54, 1.807) is 36.4 Å². The molecule has 1 N–H and O–H groups in total. The first-order valence-corrected chi connectivity index (χ1v) is 10.1. The molecule has 6 heteroatoms. The van der Waals surface area contributed by atoms with Gasteiger partial charge in [0.2, 0.25) is 0 Å². The molecule has 32 heavy (non-hydrogen) atoms. The van der Waals surface area contributed by atoms with Gasteiger partial charge in [0, 0.05) is 16.6 Å². The van der Waals surface area contributed by atoms with Crippen LogP contribution in [0, 0.1) is 19.7 Å². The summed E-state index contributed by atoms with van der Waals surface area (Å²) in [5.74, 6) is -1.42. The number of aromatic nitrogens is 1. The predicted octanol–water partition coefficient (Wildman–Crippen LogP) is 5.45. The van der Waals surface area contributed by atoms with Gasteiger partial charge in [0.15, 0.2) is 6.61 Å². The Balaban J connectivity index is 1.57. The molecule has 0 aliphatic rings. The van der Waals surface area contributed by atoms with E-state index in [1.807, 2.05) is 38.1 Å². The Morgan fingerprint density at radius 1 is 0.938 bits per heavy atom. The number of carbonyl (C=O) groups is 2. The van der Waals surface area contributed by atoms with E-state index < -0.39 is 18.5 Å². The first-order valence-electron chi connectivity index (χ1n) is 10.1. The molecule has 0 spiro atoms. The van der Waals surface area contributed by atoms with Gasteiger partial charge in [0.25, 0.3) is 5.91 Å². The van der Waals surface area contributed by atoms with Crippen molar-refractivity contribution < 1.29 is 18.7 Å². The maximum Gasteiger partial charge on any atom is 0.339 e. The van der Waals surface area contributed by atoms with Crippen molar-refractivity contribution in [3.63, 3.8) is 0 Å². The average molecular weight is 428 g/mol. The summed E-state index contributed by atoms with van der Waals surface area (Å²) in [5, 5.41) is 3.41. The van der Waals surface area contributed by atoms with Crippen LogP contribution in [0.4, 0.5) is 10.1 Å². The van der Waals surface area contributed by atoms with Crippen LogP contribution in [0.3, 0.4) is 0 Å². The van der Waals surface area contributed by atoms with Crippen molar-refractivity contribution in [2.75, 3.05) is 11.9 Å². The molecule has 0 aliphatic heterocycles. The number of nitrogens with zero attached hydrogens (tertiary/aromatic N) is 1. The summed E-state index contributed by atoms with van der Waals surface area (Å²) in [7, 11) is 0. The smallest absolute Gasteiger partial charge is 0.339 e. The second-order valence-corrected chi connectivity index (χ2v) is 7.47. The lowest BCUT2D eigenvalue weighted by Crippen LogP contribution is -2.22. The lowest BCUT2D eigenvalue weighted by Gasteiger charge is -2.12. The largest absolute Gasteiger partial charge is 0.452 e. The molecular weight excluding hydrogens is 407 g/mol. The lowest BCUT2D eigenvalue weighted by atomic mass is 10.0. The van der Waals surface area contributed by atoms with Crippen molar-refractivity contribution in [1.82, 2.24) is 4.98 Å². The number of para-hydroxylation sites is 2. The zero-order chi connectivity index (χ0) is 22.7. The van der Waals surface area contributed by atoms with Crippen molar-refractivity contribution in [1.29, 1.82) is 0 Å². The number of nitrogens with one attached hydrogen (secondary N) is 1. The monoisotopic (exact) mass is 428 g/mol. The highest BCUT2D eigenvalue weighted by atomic mass is 19.1. The lowest BCUT2D eigenvalue weighted by molar-refractivity contribution is -0.119. The van der Waals surface area contributed by atoms with E-state index in [1.165, 1.54) is 12.1 Å². The highest BCUT2D eigenvalue weighted by Crippen LogP contribution is 2.26. The number of ether oxygens (including phenoxy) is 1. The zero-order valence-corrected chi connectivity index (χ0v) is 17.7. The van der Waals surface area contributed by atoms with Crippen LogP contribution in [0.5, 0.6) is 0 Å². The van der Waals surface area contributed by atoms with Gasteiger partial charge in [-0.2, -0.15) is 0 Å². The van der Waals surface area contributed by atoms with Gasteiger partial charge < -0.3 is 10.1 Å². The van der Waals surface area contributed by atoms with Gasteiger partial charge in [-0.25, -0.2) is 14.2 Å². The number of pyridine rings is 1. The van der Waals surface area contributed by atoms with Crippen LogP contribution in [0.25, 0.3) is 22.2 Å². The molecular formula is C26H21FN2O3. The molecule has 0 saturated carbocycles. The number of halogens is 1. The first kappa shape index (κ1) is 21.2. The van der Waals surface area contributed by atoms with Gasteiger partial charge in [-0.15, -0.1) is 0 Å². The fourth-order valence-corrected chi connectivity index (χ4v) is 3.51.